The molecule has 0 aliphatic heterocycles. The van der Waals surface area contributed by atoms with E-state index in [9.17, 15) is 13.2 Å². The van der Waals surface area contributed by atoms with Gasteiger partial charge in [-0.3, -0.25) is 0 Å². The van der Waals surface area contributed by atoms with Gasteiger partial charge in [0.2, 0.25) is 5.88 Å². The van der Waals surface area contributed by atoms with E-state index in [1.165, 1.54) is 0 Å². The number of pyridine rings is 1. The van der Waals surface area contributed by atoms with Crippen LogP contribution in [0.15, 0.2) is 6.07 Å². The van der Waals surface area contributed by atoms with Crippen molar-refractivity contribution in [3.8, 4) is 5.88 Å². The van der Waals surface area contributed by atoms with Crippen LogP contribution in [0.4, 0.5) is 13.2 Å². The molecule has 0 radical (unpaired) electrons. The van der Waals surface area contributed by atoms with Crippen molar-refractivity contribution in [2.45, 2.75) is 33.0 Å². The predicted molar refractivity (Wildman–Crippen MR) is 57.8 cm³/mol. The zero-order valence-corrected chi connectivity index (χ0v) is 9.77. The Kier molecular flexibility index (Phi) is 4.34. The lowest BCUT2D eigenvalue weighted by molar-refractivity contribution is -0.139. The van der Waals surface area contributed by atoms with Crippen molar-refractivity contribution < 1.29 is 17.9 Å². The van der Waals surface area contributed by atoms with E-state index >= 15 is 0 Å². The van der Waals surface area contributed by atoms with E-state index < -0.39 is 19.2 Å². The van der Waals surface area contributed by atoms with Crippen molar-refractivity contribution in [2.24, 2.45) is 5.73 Å². The third-order valence-corrected chi connectivity index (χ3v) is 2.27. The van der Waals surface area contributed by atoms with E-state index in [0.717, 1.165) is 5.56 Å². The summed E-state index contributed by atoms with van der Waals surface area (Å²) in [5.74, 6) is 0.203. The van der Waals surface area contributed by atoms with Gasteiger partial charge in [-0.1, -0.05) is 0 Å². The lowest BCUT2D eigenvalue weighted by atomic mass is 10.1. The number of alkyl halides is 3. The van der Waals surface area contributed by atoms with E-state index in [2.05, 4.69) is 4.98 Å². The normalized spacial score (nSPS) is 11.6. The summed E-state index contributed by atoms with van der Waals surface area (Å²) in [5, 5.41) is 0. The highest BCUT2D eigenvalue weighted by Gasteiger charge is 2.27. The van der Waals surface area contributed by atoms with Crippen LogP contribution in [0.25, 0.3) is 0 Å². The molecule has 0 amide bonds. The van der Waals surface area contributed by atoms with Gasteiger partial charge in [-0.15, -0.1) is 0 Å². The number of hydrogen-bond acceptors (Lipinski definition) is 3. The highest BCUT2D eigenvalue weighted by Crippen LogP contribution is 2.23. The van der Waals surface area contributed by atoms with Gasteiger partial charge in [0.25, 0.3) is 0 Å². The van der Waals surface area contributed by atoms with Gasteiger partial charge in [0.1, 0.15) is 0 Å². The molecule has 0 saturated heterocycles. The number of nitrogens with two attached hydrogens (primary N) is 1. The second-order valence-electron chi connectivity index (χ2n) is 3.78. The van der Waals surface area contributed by atoms with Crippen molar-refractivity contribution in [2.75, 3.05) is 6.61 Å². The molecule has 0 spiro atoms. The van der Waals surface area contributed by atoms with Gasteiger partial charge >= 0.3 is 6.18 Å². The molecule has 0 bridgehead atoms. The van der Waals surface area contributed by atoms with E-state index in [-0.39, 0.29) is 12.4 Å². The van der Waals surface area contributed by atoms with Gasteiger partial charge in [0.05, 0.1) is 13.0 Å². The van der Waals surface area contributed by atoms with Crippen LogP contribution >= 0.6 is 0 Å². The highest BCUT2D eigenvalue weighted by molar-refractivity contribution is 5.35. The summed E-state index contributed by atoms with van der Waals surface area (Å²) < 4.78 is 41.0. The van der Waals surface area contributed by atoms with Gasteiger partial charge in [-0.05, 0) is 25.5 Å². The number of ether oxygens (including phenoxy) is 1. The molecule has 0 unspecified atom stereocenters. The fourth-order valence-corrected chi connectivity index (χ4v) is 1.46. The first-order valence-corrected chi connectivity index (χ1v) is 5.20. The maximum atomic E-state index is 12.0. The summed E-state index contributed by atoms with van der Waals surface area (Å²) in [4.78, 5) is 4.05. The molecule has 96 valence electrons. The Hall–Kier alpha value is -1.30. The van der Waals surface area contributed by atoms with E-state index in [0.29, 0.717) is 11.3 Å². The number of hydrogen-bond donors (Lipinski definition) is 1. The lowest BCUT2D eigenvalue weighted by Gasteiger charge is -2.13. The smallest absolute Gasteiger partial charge is 0.392 e. The number of aromatic nitrogens is 1. The minimum absolute atomic E-state index is 0.195. The summed E-state index contributed by atoms with van der Waals surface area (Å²) in [6.45, 7) is 3.34. The maximum Gasteiger partial charge on any atom is 0.392 e. The summed E-state index contributed by atoms with van der Waals surface area (Å²) >= 11 is 0. The zero-order valence-electron chi connectivity index (χ0n) is 9.77. The molecule has 1 aromatic heterocycles. The third-order valence-electron chi connectivity index (χ3n) is 2.27. The standard InChI is InChI=1S/C11H15F3N2O/c1-7-5-8(2)16-10(9(7)6-15)17-4-3-11(12,13)14/h5H,3-4,6,15H2,1-2H3. The molecule has 0 aliphatic carbocycles. The molecule has 1 aromatic rings. The number of aryl methyl sites for hydroxylation is 2. The Bertz CT molecular complexity index is 391. The molecule has 0 aromatic carbocycles. The third kappa shape index (κ3) is 4.22. The van der Waals surface area contributed by atoms with Crippen LogP contribution < -0.4 is 10.5 Å². The molecule has 0 aliphatic rings. The quantitative estimate of drug-likeness (QED) is 0.890. The van der Waals surface area contributed by atoms with Crippen molar-refractivity contribution in [3.63, 3.8) is 0 Å². The Balaban J connectivity index is 2.76. The van der Waals surface area contributed by atoms with Crippen LogP contribution in [0.2, 0.25) is 0 Å². The van der Waals surface area contributed by atoms with Gasteiger partial charge in [-0.25, -0.2) is 4.98 Å². The van der Waals surface area contributed by atoms with Gasteiger partial charge in [0, 0.05) is 17.8 Å². The summed E-state index contributed by atoms with van der Waals surface area (Å²) in [6.07, 6.45) is -5.21. The van der Waals surface area contributed by atoms with Crippen LogP contribution in [0.5, 0.6) is 5.88 Å². The molecule has 2 N–H and O–H groups in total. The monoisotopic (exact) mass is 248 g/mol. The molecular formula is C11H15F3N2O. The second kappa shape index (κ2) is 5.35. The summed E-state index contributed by atoms with van der Waals surface area (Å²) in [7, 11) is 0. The fourth-order valence-electron chi connectivity index (χ4n) is 1.46. The van der Waals surface area contributed by atoms with E-state index in [1.54, 1.807) is 6.92 Å². The van der Waals surface area contributed by atoms with Crippen molar-refractivity contribution in [1.82, 2.24) is 4.98 Å². The Morgan fingerprint density at radius 3 is 2.53 bits per heavy atom. The lowest BCUT2D eigenvalue weighted by Crippen LogP contribution is -2.15. The molecule has 0 saturated carbocycles. The van der Waals surface area contributed by atoms with E-state index in [4.69, 9.17) is 10.5 Å². The fraction of sp³-hybridized carbons (Fsp3) is 0.545. The first-order chi connectivity index (χ1) is 7.83. The largest absolute Gasteiger partial charge is 0.477 e. The van der Waals surface area contributed by atoms with E-state index in [1.807, 2.05) is 13.0 Å². The molecule has 17 heavy (non-hydrogen) atoms. The van der Waals surface area contributed by atoms with Gasteiger partial charge < -0.3 is 10.5 Å². The molecular weight excluding hydrogens is 233 g/mol. The van der Waals surface area contributed by atoms with Gasteiger partial charge in [-0.2, -0.15) is 13.2 Å². The number of rotatable bonds is 4. The Morgan fingerprint density at radius 1 is 1.35 bits per heavy atom. The first kappa shape index (κ1) is 13.8. The molecule has 6 heteroatoms. The van der Waals surface area contributed by atoms with Crippen LogP contribution in [-0.4, -0.2) is 17.8 Å². The SMILES string of the molecule is Cc1cc(C)c(CN)c(OCCC(F)(F)F)n1. The number of nitrogens with zero attached hydrogens (tertiary/aromatic N) is 1. The molecule has 1 rings (SSSR count). The molecule has 3 nitrogen and oxygen atoms in total. The first-order valence-electron chi connectivity index (χ1n) is 5.20. The molecule has 0 fully saturated rings. The minimum Gasteiger partial charge on any atom is -0.477 e. The minimum atomic E-state index is -4.22. The van der Waals surface area contributed by atoms with Crippen LogP contribution in [0.1, 0.15) is 23.2 Å². The van der Waals surface area contributed by atoms with Crippen LogP contribution in [-0.2, 0) is 6.54 Å². The van der Waals surface area contributed by atoms with Gasteiger partial charge in [0.15, 0.2) is 0 Å². The average molecular weight is 248 g/mol. The second-order valence-corrected chi connectivity index (χ2v) is 3.78. The highest BCUT2D eigenvalue weighted by atomic mass is 19.4. The zero-order chi connectivity index (χ0) is 13.1. The number of halogens is 3. The summed E-state index contributed by atoms with van der Waals surface area (Å²) in [5.41, 5.74) is 7.74. The summed E-state index contributed by atoms with van der Waals surface area (Å²) in [6, 6.07) is 1.82. The van der Waals surface area contributed by atoms with Crippen molar-refractivity contribution in [1.29, 1.82) is 0 Å². The Morgan fingerprint density at radius 2 is 2.00 bits per heavy atom. The maximum absolute atomic E-state index is 12.0. The topological polar surface area (TPSA) is 48.1 Å². The van der Waals surface area contributed by atoms with Crippen molar-refractivity contribution >= 4 is 0 Å². The van der Waals surface area contributed by atoms with Crippen molar-refractivity contribution in [3.05, 3.63) is 22.9 Å². The average Bonchev–Trinajstić information content (AvgIpc) is 2.14. The van der Waals surface area contributed by atoms with Crippen LogP contribution in [0, 0.1) is 13.8 Å². The predicted octanol–water partition coefficient (Wildman–Crippen LogP) is 2.49. The molecule has 1 heterocycles. The Labute approximate surface area is 97.8 Å². The van der Waals surface area contributed by atoms with Crippen LogP contribution in [0.3, 0.4) is 0 Å². The molecule has 0 atom stereocenters.